The van der Waals surface area contributed by atoms with Crippen molar-refractivity contribution in [3.63, 3.8) is 0 Å². The first kappa shape index (κ1) is 13.4. The molecule has 1 nitrogen and oxygen atoms in total. The number of rotatable bonds is 3. The van der Waals surface area contributed by atoms with Gasteiger partial charge >= 0.3 is 0 Å². The second kappa shape index (κ2) is 5.44. The van der Waals surface area contributed by atoms with Crippen molar-refractivity contribution in [2.24, 2.45) is 0 Å². The molecule has 0 aliphatic rings. The minimum Gasteiger partial charge on any atom is -0.294 e. The molecule has 104 valence electrons. The van der Waals surface area contributed by atoms with Gasteiger partial charge in [-0.15, -0.1) is 0 Å². The van der Waals surface area contributed by atoms with Gasteiger partial charge in [-0.05, 0) is 34.5 Å². The number of halogens is 2. The van der Waals surface area contributed by atoms with Crippen LogP contribution < -0.4 is 0 Å². The molecule has 0 unspecified atom stereocenters. The number of hydrogen-bond donors (Lipinski definition) is 0. The Morgan fingerprint density at radius 2 is 1.57 bits per heavy atom. The van der Waals surface area contributed by atoms with Crippen molar-refractivity contribution in [2.45, 2.75) is 6.42 Å². The van der Waals surface area contributed by atoms with Gasteiger partial charge in [-0.3, -0.25) is 4.79 Å². The molecule has 0 aliphatic carbocycles. The van der Waals surface area contributed by atoms with Gasteiger partial charge < -0.3 is 0 Å². The number of Topliss-reactive ketones (excluding diaryl/α,β-unsaturated/α-hetero) is 1. The summed E-state index contributed by atoms with van der Waals surface area (Å²) in [5.41, 5.74) is 1.03. The summed E-state index contributed by atoms with van der Waals surface area (Å²) < 4.78 is 26.0. The third-order valence-electron chi connectivity index (χ3n) is 3.42. The van der Waals surface area contributed by atoms with Crippen LogP contribution in [0, 0.1) is 11.6 Å². The second-order valence-corrected chi connectivity index (χ2v) is 4.91. The Kier molecular flexibility index (Phi) is 3.48. The molecule has 0 radical (unpaired) electrons. The molecular formula is C18H12F2O. The first-order valence-corrected chi connectivity index (χ1v) is 6.59. The van der Waals surface area contributed by atoms with Crippen LogP contribution in [0.5, 0.6) is 0 Å². The lowest BCUT2D eigenvalue weighted by molar-refractivity contribution is 0.0992. The molecular weight excluding hydrogens is 270 g/mol. The first-order valence-electron chi connectivity index (χ1n) is 6.59. The van der Waals surface area contributed by atoms with E-state index in [2.05, 4.69) is 0 Å². The van der Waals surface area contributed by atoms with Crippen molar-refractivity contribution >= 4 is 16.6 Å². The highest BCUT2D eigenvalue weighted by Gasteiger charge is 2.10. The SMILES string of the molecule is O=C(Cc1ccc2ccccc2c1)c1ccc(F)c(F)c1. The maximum atomic E-state index is 13.2. The molecule has 0 atom stereocenters. The van der Waals surface area contributed by atoms with Crippen molar-refractivity contribution < 1.29 is 13.6 Å². The van der Waals surface area contributed by atoms with Crippen molar-refractivity contribution in [1.82, 2.24) is 0 Å². The molecule has 3 aromatic carbocycles. The average Bonchev–Trinajstić information content (AvgIpc) is 2.50. The van der Waals surface area contributed by atoms with Crippen LogP contribution in [-0.2, 0) is 6.42 Å². The van der Waals surface area contributed by atoms with Crippen LogP contribution in [0.3, 0.4) is 0 Å². The van der Waals surface area contributed by atoms with E-state index < -0.39 is 11.6 Å². The topological polar surface area (TPSA) is 17.1 Å². The molecule has 0 heterocycles. The zero-order chi connectivity index (χ0) is 14.8. The van der Waals surface area contributed by atoms with E-state index in [1.165, 1.54) is 6.07 Å². The Hall–Kier alpha value is -2.55. The van der Waals surface area contributed by atoms with Crippen molar-refractivity contribution in [3.05, 3.63) is 83.4 Å². The maximum Gasteiger partial charge on any atom is 0.167 e. The molecule has 0 aliphatic heterocycles. The first-order chi connectivity index (χ1) is 10.1. The Balaban J connectivity index is 1.87. The van der Waals surface area contributed by atoms with Crippen molar-refractivity contribution in [2.75, 3.05) is 0 Å². The Bertz CT molecular complexity index is 824. The zero-order valence-corrected chi connectivity index (χ0v) is 11.1. The van der Waals surface area contributed by atoms with Gasteiger partial charge in [-0.1, -0.05) is 42.5 Å². The molecule has 0 saturated carbocycles. The summed E-state index contributed by atoms with van der Waals surface area (Å²) in [5, 5.41) is 2.15. The van der Waals surface area contributed by atoms with E-state index in [1.54, 1.807) is 0 Å². The molecule has 21 heavy (non-hydrogen) atoms. The average molecular weight is 282 g/mol. The van der Waals surface area contributed by atoms with E-state index in [0.29, 0.717) is 0 Å². The molecule has 0 saturated heterocycles. The molecule has 0 N–H and O–H groups in total. The number of ketones is 1. The fraction of sp³-hybridized carbons (Fsp3) is 0.0556. The molecule has 3 aromatic rings. The van der Waals surface area contributed by atoms with E-state index in [9.17, 15) is 13.6 Å². The van der Waals surface area contributed by atoms with Gasteiger partial charge in [0, 0.05) is 12.0 Å². The predicted octanol–water partition coefficient (Wildman–Crippen LogP) is 4.54. The summed E-state index contributed by atoms with van der Waals surface area (Å²) in [4.78, 5) is 12.1. The Morgan fingerprint density at radius 1 is 0.810 bits per heavy atom. The lowest BCUT2D eigenvalue weighted by Gasteiger charge is -2.04. The lowest BCUT2D eigenvalue weighted by Crippen LogP contribution is -2.04. The molecule has 0 fully saturated rings. The number of hydrogen-bond acceptors (Lipinski definition) is 1. The molecule has 3 rings (SSSR count). The summed E-state index contributed by atoms with van der Waals surface area (Å²) in [7, 11) is 0. The third-order valence-corrected chi connectivity index (χ3v) is 3.42. The van der Waals surface area contributed by atoms with E-state index in [0.717, 1.165) is 28.5 Å². The summed E-state index contributed by atoms with van der Waals surface area (Å²) in [6.07, 6.45) is 0.163. The lowest BCUT2D eigenvalue weighted by atomic mass is 10.00. The number of carbonyl (C=O) groups is 1. The van der Waals surface area contributed by atoms with Crippen molar-refractivity contribution in [3.8, 4) is 0 Å². The highest BCUT2D eigenvalue weighted by Crippen LogP contribution is 2.18. The van der Waals surface area contributed by atoms with Gasteiger partial charge in [0.1, 0.15) is 0 Å². The van der Waals surface area contributed by atoms with E-state index >= 15 is 0 Å². The van der Waals surface area contributed by atoms with Crippen LogP contribution in [-0.4, -0.2) is 5.78 Å². The standard InChI is InChI=1S/C18H12F2O/c19-16-8-7-15(11-17(16)20)18(21)10-12-5-6-13-3-1-2-4-14(13)9-12/h1-9,11H,10H2. The number of fused-ring (bicyclic) bond motifs is 1. The number of benzene rings is 3. The highest BCUT2D eigenvalue weighted by atomic mass is 19.2. The molecule has 0 spiro atoms. The van der Waals surface area contributed by atoms with Gasteiger partial charge in [0.15, 0.2) is 17.4 Å². The van der Waals surface area contributed by atoms with Crippen LogP contribution in [0.1, 0.15) is 15.9 Å². The van der Waals surface area contributed by atoms with Gasteiger partial charge in [-0.2, -0.15) is 0 Å². The van der Waals surface area contributed by atoms with E-state index in [-0.39, 0.29) is 17.8 Å². The monoisotopic (exact) mass is 282 g/mol. The summed E-state index contributed by atoms with van der Waals surface area (Å²) >= 11 is 0. The molecule has 3 heteroatoms. The maximum absolute atomic E-state index is 13.2. The van der Waals surface area contributed by atoms with Crippen LogP contribution >= 0.6 is 0 Å². The summed E-state index contributed by atoms with van der Waals surface area (Å²) in [6.45, 7) is 0. The third kappa shape index (κ3) is 2.82. The van der Waals surface area contributed by atoms with Crippen LogP contribution in [0.25, 0.3) is 10.8 Å². The molecule has 0 bridgehead atoms. The minimum absolute atomic E-state index is 0.163. The number of carbonyl (C=O) groups excluding carboxylic acids is 1. The normalized spacial score (nSPS) is 10.8. The van der Waals surface area contributed by atoms with Crippen LogP contribution in [0.15, 0.2) is 60.7 Å². The fourth-order valence-electron chi connectivity index (χ4n) is 2.31. The summed E-state index contributed by atoms with van der Waals surface area (Å²) in [6, 6.07) is 16.8. The van der Waals surface area contributed by atoms with E-state index in [1.807, 2.05) is 42.5 Å². The fourth-order valence-corrected chi connectivity index (χ4v) is 2.31. The molecule has 0 amide bonds. The zero-order valence-electron chi connectivity index (χ0n) is 11.1. The van der Waals surface area contributed by atoms with E-state index in [4.69, 9.17) is 0 Å². The smallest absolute Gasteiger partial charge is 0.167 e. The Labute approximate surface area is 120 Å². The quantitative estimate of drug-likeness (QED) is 0.644. The van der Waals surface area contributed by atoms with Crippen molar-refractivity contribution in [1.29, 1.82) is 0 Å². The largest absolute Gasteiger partial charge is 0.294 e. The molecule has 0 aromatic heterocycles. The van der Waals surface area contributed by atoms with Gasteiger partial charge in [0.05, 0.1) is 0 Å². The second-order valence-electron chi connectivity index (χ2n) is 4.91. The van der Waals surface area contributed by atoms with Gasteiger partial charge in [-0.25, -0.2) is 8.78 Å². The predicted molar refractivity (Wildman–Crippen MR) is 78.3 cm³/mol. The minimum atomic E-state index is -1.00. The highest BCUT2D eigenvalue weighted by molar-refractivity contribution is 5.98. The van der Waals surface area contributed by atoms with Gasteiger partial charge in [0.25, 0.3) is 0 Å². The van der Waals surface area contributed by atoms with Crippen LogP contribution in [0.4, 0.5) is 8.78 Å². The van der Waals surface area contributed by atoms with Crippen LogP contribution in [0.2, 0.25) is 0 Å². The van der Waals surface area contributed by atoms with Gasteiger partial charge in [0.2, 0.25) is 0 Å². The Morgan fingerprint density at radius 3 is 2.33 bits per heavy atom. The summed E-state index contributed by atoms with van der Waals surface area (Å²) in [5.74, 6) is -2.18.